The van der Waals surface area contributed by atoms with Gasteiger partial charge in [0.2, 0.25) is 0 Å². The highest BCUT2D eigenvalue weighted by molar-refractivity contribution is 6.16. The molecule has 0 amide bonds. The highest BCUT2D eigenvalue weighted by atomic mass is 16.3. The van der Waals surface area contributed by atoms with Crippen LogP contribution in [0.4, 0.5) is 0 Å². The van der Waals surface area contributed by atoms with Gasteiger partial charge >= 0.3 is 0 Å². The molecule has 9 rings (SSSR count). The van der Waals surface area contributed by atoms with Crippen molar-refractivity contribution in [2.24, 2.45) is 0 Å². The molecule has 0 atom stereocenters. The largest absolute Gasteiger partial charge is 0.452 e. The van der Waals surface area contributed by atoms with E-state index in [0.717, 1.165) is 55.1 Å². The van der Waals surface area contributed by atoms with Gasteiger partial charge in [0.25, 0.3) is 0 Å². The SMILES string of the molecule is N#Cc1ccc2oc3c(-n4c5ccccc5c5cccc(-n6c7ccccc7c7ccccc76)c54)ccnc3c2c1. The van der Waals surface area contributed by atoms with Crippen LogP contribution in [0.1, 0.15) is 5.56 Å². The second kappa shape index (κ2) is 8.08. The minimum absolute atomic E-state index is 0.581. The Labute approximate surface area is 233 Å². The lowest BCUT2D eigenvalue weighted by atomic mass is 10.1. The van der Waals surface area contributed by atoms with Crippen LogP contribution in [0.3, 0.4) is 0 Å². The first kappa shape index (κ1) is 22.0. The van der Waals surface area contributed by atoms with Gasteiger partial charge in [-0.05, 0) is 48.5 Å². The van der Waals surface area contributed by atoms with Crippen LogP contribution in [0.15, 0.2) is 126 Å². The zero-order valence-electron chi connectivity index (χ0n) is 21.7. The van der Waals surface area contributed by atoms with E-state index in [9.17, 15) is 5.26 Å². The summed E-state index contributed by atoms with van der Waals surface area (Å²) in [6.45, 7) is 0. The highest BCUT2D eigenvalue weighted by Gasteiger charge is 2.22. The van der Waals surface area contributed by atoms with Crippen LogP contribution >= 0.6 is 0 Å². The van der Waals surface area contributed by atoms with Crippen molar-refractivity contribution in [3.05, 3.63) is 127 Å². The van der Waals surface area contributed by atoms with Crippen molar-refractivity contribution < 1.29 is 4.42 Å². The molecule has 0 saturated carbocycles. The lowest BCUT2D eigenvalue weighted by Gasteiger charge is -2.14. The molecule has 0 aliphatic carbocycles. The summed E-state index contributed by atoms with van der Waals surface area (Å²) >= 11 is 0. The Morgan fingerprint density at radius 2 is 1.22 bits per heavy atom. The molecular formula is C36H20N4O. The molecule has 5 aromatic carbocycles. The van der Waals surface area contributed by atoms with E-state index in [-0.39, 0.29) is 0 Å². The van der Waals surface area contributed by atoms with Gasteiger partial charge in [0.05, 0.1) is 45.1 Å². The predicted octanol–water partition coefficient (Wildman–Crippen LogP) is 9.05. The van der Waals surface area contributed by atoms with E-state index < -0.39 is 0 Å². The number of nitrogens with zero attached hydrogens (tertiary/aromatic N) is 4. The van der Waals surface area contributed by atoms with Gasteiger partial charge in [-0.3, -0.25) is 4.98 Å². The number of benzene rings is 5. The van der Waals surface area contributed by atoms with Gasteiger partial charge < -0.3 is 13.6 Å². The lowest BCUT2D eigenvalue weighted by Crippen LogP contribution is -2.01. The first-order valence-electron chi connectivity index (χ1n) is 13.5. The van der Waals surface area contributed by atoms with Gasteiger partial charge in [0.15, 0.2) is 5.58 Å². The van der Waals surface area contributed by atoms with Crippen molar-refractivity contribution in [1.82, 2.24) is 14.1 Å². The minimum atomic E-state index is 0.581. The maximum atomic E-state index is 9.51. The molecule has 5 nitrogen and oxygen atoms in total. The number of fused-ring (bicyclic) bond motifs is 9. The normalized spacial score (nSPS) is 11.9. The van der Waals surface area contributed by atoms with E-state index in [0.29, 0.717) is 16.7 Å². The van der Waals surface area contributed by atoms with Gasteiger partial charge in [0, 0.05) is 33.1 Å². The number of nitriles is 1. The van der Waals surface area contributed by atoms with Crippen LogP contribution in [0.5, 0.6) is 0 Å². The molecule has 9 aromatic rings. The Balaban J connectivity index is 1.48. The standard InChI is InChI=1S/C36H20N4O/c37-21-22-16-17-33-27(20-22)34-36(41-33)32(18-19-38-34)40-30-14-6-3-10-25(30)26-11-7-15-31(35(26)40)39-28-12-4-1-8-23(28)24-9-2-5-13-29(24)39/h1-20H. The predicted molar refractivity (Wildman–Crippen MR) is 165 cm³/mol. The fourth-order valence-corrected chi connectivity index (χ4v) is 6.50. The number of rotatable bonds is 2. The first-order chi connectivity index (χ1) is 20.3. The third kappa shape index (κ3) is 2.91. The molecule has 0 radical (unpaired) electrons. The van der Waals surface area contributed by atoms with Crippen molar-refractivity contribution in [2.75, 3.05) is 0 Å². The Bertz CT molecular complexity index is 2500. The number of hydrogen-bond donors (Lipinski definition) is 0. The molecule has 0 saturated heterocycles. The van der Waals surface area contributed by atoms with E-state index in [4.69, 9.17) is 9.40 Å². The second-order valence-corrected chi connectivity index (χ2v) is 10.3. The molecule has 0 bridgehead atoms. The molecule has 41 heavy (non-hydrogen) atoms. The fourth-order valence-electron chi connectivity index (χ4n) is 6.50. The summed E-state index contributed by atoms with van der Waals surface area (Å²) in [5.41, 5.74) is 9.21. The average Bonchev–Trinajstić information content (AvgIpc) is 3.68. The van der Waals surface area contributed by atoms with Crippen molar-refractivity contribution >= 4 is 65.7 Å². The van der Waals surface area contributed by atoms with Crippen LogP contribution < -0.4 is 0 Å². The molecule has 0 spiro atoms. The molecule has 4 aromatic heterocycles. The van der Waals surface area contributed by atoms with E-state index in [1.165, 1.54) is 10.8 Å². The average molecular weight is 525 g/mol. The summed E-state index contributed by atoms with van der Waals surface area (Å²) in [4.78, 5) is 4.71. The quantitative estimate of drug-likeness (QED) is 0.227. The molecular weight excluding hydrogens is 504 g/mol. The van der Waals surface area contributed by atoms with E-state index >= 15 is 0 Å². The van der Waals surface area contributed by atoms with Gasteiger partial charge in [0.1, 0.15) is 11.1 Å². The number of hydrogen-bond acceptors (Lipinski definition) is 3. The van der Waals surface area contributed by atoms with Crippen LogP contribution in [-0.4, -0.2) is 14.1 Å². The molecule has 0 aliphatic rings. The summed E-state index contributed by atoms with van der Waals surface area (Å²) in [7, 11) is 0. The second-order valence-electron chi connectivity index (χ2n) is 10.3. The van der Waals surface area contributed by atoms with Gasteiger partial charge in [-0.15, -0.1) is 0 Å². The molecule has 0 N–H and O–H groups in total. The van der Waals surface area contributed by atoms with Gasteiger partial charge in [-0.1, -0.05) is 66.7 Å². The molecule has 4 heterocycles. The summed E-state index contributed by atoms with van der Waals surface area (Å²) in [6.07, 6.45) is 1.83. The molecule has 0 unspecified atom stereocenters. The molecule has 5 heteroatoms. The maximum absolute atomic E-state index is 9.51. The third-order valence-corrected chi connectivity index (χ3v) is 8.19. The number of furan rings is 1. The molecule has 190 valence electrons. The van der Waals surface area contributed by atoms with Gasteiger partial charge in [-0.2, -0.15) is 5.26 Å². The van der Waals surface area contributed by atoms with Crippen molar-refractivity contribution in [3.8, 4) is 17.4 Å². The molecule has 0 fully saturated rings. The number of aromatic nitrogens is 3. The highest BCUT2D eigenvalue weighted by Crippen LogP contribution is 2.41. The monoisotopic (exact) mass is 524 g/mol. The zero-order valence-corrected chi connectivity index (χ0v) is 21.7. The van der Waals surface area contributed by atoms with Crippen LogP contribution in [0.2, 0.25) is 0 Å². The lowest BCUT2D eigenvalue weighted by molar-refractivity contribution is 0.665. The third-order valence-electron chi connectivity index (χ3n) is 8.19. The van der Waals surface area contributed by atoms with E-state index in [2.05, 4.69) is 106 Å². The van der Waals surface area contributed by atoms with Crippen molar-refractivity contribution in [2.45, 2.75) is 0 Å². The molecule has 0 aliphatic heterocycles. The summed E-state index contributed by atoms with van der Waals surface area (Å²) in [5, 5.41) is 15.1. The topological polar surface area (TPSA) is 59.7 Å². The maximum Gasteiger partial charge on any atom is 0.177 e. The van der Waals surface area contributed by atoms with Crippen molar-refractivity contribution in [1.29, 1.82) is 5.26 Å². The number of pyridine rings is 1. The number of para-hydroxylation sites is 4. The van der Waals surface area contributed by atoms with E-state index in [1.54, 1.807) is 6.07 Å². The summed E-state index contributed by atoms with van der Waals surface area (Å²) in [5.74, 6) is 0. The van der Waals surface area contributed by atoms with Crippen LogP contribution in [0, 0.1) is 11.3 Å². The summed E-state index contributed by atoms with van der Waals surface area (Å²) < 4.78 is 11.2. The van der Waals surface area contributed by atoms with Gasteiger partial charge in [-0.25, -0.2) is 0 Å². The fraction of sp³-hybridized carbons (Fsp3) is 0. The Kier molecular flexibility index (Phi) is 4.33. The zero-order chi connectivity index (χ0) is 27.1. The van der Waals surface area contributed by atoms with Crippen LogP contribution in [0.25, 0.3) is 77.1 Å². The Morgan fingerprint density at radius 1 is 0.585 bits per heavy atom. The minimum Gasteiger partial charge on any atom is -0.452 e. The van der Waals surface area contributed by atoms with E-state index in [1.807, 2.05) is 24.4 Å². The summed E-state index contributed by atoms with van der Waals surface area (Å²) in [6, 6.07) is 42.0. The van der Waals surface area contributed by atoms with Crippen molar-refractivity contribution in [3.63, 3.8) is 0 Å². The van der Waals surface area contributed by atoms with Crippen LogP contribution in [-0.2, 0) is 0 Å². The first-order valence-corrected chi connectivity index (χ1v) is 13.5. The Hall–Kier alpha value is -5.86. The Morgan fingerprint density at radius 3 is 1.93 bits per heavy atom. The smallest absolute Gasteiger partial charge is 0.177 e.